The molecule has 0 saturated heterocycles. The Kier molecular flexibility index (Phi) is 3.96. The van der Waals surface area contributed by atoms with Crippen LogP contribution in [0, 0.1) is 0 Å². The van der Waals surface area contributed by atoms with Crippen LogP contribution in [-0.2, 0) is 6.42 Å². The molecule has 1 unspecified atom stereocenters. The predicted octanol–water partition coefficient (Wildman–Crippen LogP) is 2.08. The molecule has 1 N–H and O–H groups in total. The lowest BCUT2D eigenvalue weighted by molar-refractivity contribution is 0.887. The first kappa shape index (κ1) is 10.3. The van der Waals surface area contributed by atoms with Crippen molar-refractivity contribution in [1.82, 2.24) is 9.97 Å². The number of nitrogens with zero attached hydrogens (tertiary/aromatic N) is 2. The van der Waals surface area contributed by atoms with E-state index in [4.69, 9.17) is 11.6 Å². The molecule has 1 rings (SSSR count). The van der Waals surface area contributed by atoms with Gasteiger partial charge in [0.15, 0.2) is 0 Å². The summed E-state index contributed by atoms with van der Waals surface area (Å²) in [6.45, 7) is 4.08. The normalized spacial score (nSPS) is 12.5. The summed E-state index contributed by atoms with van der Waals surface area (Å²) in [6.07, 6.45) is 2.49. The smallest absolute Gasteiger partial charge is 0.129 e. The minimum Gasteiger partial charge on any atom is -0.366 e. The standard InChI is InChI=1S/C9H14ClN3/c1-3-8-4-9(12-6-11-8)13-7(2)5-10/h4,6-7H,3,5H2,1-2H3,(H,11,12,13). The van der Waals surface area contributed by atoms with Gasteiger partial charge >= 0.3 is 0 Å². The van der Waals surface area contributed by atoms with Crippen molar-refractivity contribution in [3.05, 3.63) is 18.1 Å². The molecule has 3 nitrogen and oxygen atoms in total. The first-order valence-corrected chi connectivity index (χ1v) is 4.93. The second-order valence-corrected chi connectivity index (χ2v) is 3.26. The van der Waals surface area contributed by atoms with Crippen molar-refractivity contribution in [3.63, 3.8) is 0 Å². The van der Waals surface area contributed by atoms with E-state index in [0.717, 1.165) is 17.9 Å². The summed E-state index contributed by atoms with van der Waals surface area (Å²) >= 11 is 5.67. The monoisotopic (exact) mass is 199 g/mol. The first-order valence-electron chi connectivity index (χ1n) is 4.39. The Bertz CT molecular complexity index is 265. The molecule has 1 aromatic rings. The molecule has 1 heterocycles. The van der Waals surface area contributed by atoms with Crippen LogP contribution in [0.1, 0.15) is 19.5 Å². The highest BCUT2D eigenvalue weighted by molar-refractivity contribution is 6.18. The van der Waals surface area contributed by atoms with Crippen molar-refractivity contribution in [2.24, 2.45) is 0 Å². The Labute approximate surface area is 83.5 Å². The van der Waals surface area contributed by atoms with Crippen LogP contribution in [0.2, 0.25) is 0 Å². The van der Waals surface area contributed by atoms with E-state index >= 15 is 0 Å². The molecule has 1 atom stereocenters. The van der Waals surface area contributed by atoms with Crippen molar-refractivity contribution in [2.45, 2.75) is 26.3 Å². The lowest BCUT2D eigenvalue weighted by Crippen LogP contribution is -2.17. The van der Waals surface area contributed by atoms with Crippen LogP contribution in [0.5, 0.6) is 0 Å². The summed E-state index contributed by atoms with van der Waals surface area (Å²) in [5, 5.41) is 3.18. The second-order valence-electron chi connectivity index (χ2n) is 2.95. The molecular weight excluding hydrogens is 186 g/mol. The summed E-state index contributed by atoms with van der Waals surface area (Å²) in [7, 11) is 0. The topological polar surface area (TPSA) is 37.8 Å². The van der Waals surface area contributed by atoms with E-state index in [-0.39, 0.29) is 6.04 Å². The number of aryl methyl sites for hydroxylation is 1. The Balaban J connectivity index is 2.66. The number of hydrogen-bond donors (Lipinski definition) is 1. The fourth-order valence-corrected chi connectivity index (χ4v) is 1.04. The zero-order valence-corrected chi connectivity index (χ0v) is 8.67. The molecule has 4 heteroatoms. The second kappa shape index (κ2) is 5.02. The van der Waals surface area contributed by atoms with Crippen LogP contribution in [0.15, 0.2) is 12.4 Å². The predicted molar refractivity (Wildman–Crippen MR) is 55.2 cm³/mol. The van der Waals surface area contributed by atoms with E-state index in [9.17, 15) is 0 Å². The maximum Gasteiger partial charge on any atom is 0.129 e. The Morgan fingerprint density at radius 3 is 2.92 bits per heavy atom. The molecular formula is C9H14ClN3. The lowest BCUT2D eigenvalue weighted by Gasteiger charge is -2.10. The van der Waals surface area contributed by atoms with Gasteiger partial charge in [0.05, 0.1) is 0 Å². The van der Waals surface area contributed by atoms with E-state index in [1.165, 1.54) is 0 Å². The van der Waals surface area contributed by atoms with Crippen molar-refractivity contribution >= 4 is 17.4 Å². The van der Waals surface area contributed by atoms with Crippen molar-refractivity contribution in [2.75, 3.05) is 11.2 Å². The molecule has 13 heavy (non-hydrogen) atoms. The number of rotatable bonds is 4. The van der Waals surface area contributed by atoms with Gasteiger partial charge in [-0.1, -0.05) is 6.92 Å². The Morgan fingerprint density at radius 2 is 2.31 bits per heavy atom. The SMILES string of the molecule is CCc1cc(NC(C)CCl)ncn1. The number of alkyl halides is 1. The van der Waals surface area contributed by atoms with Gasteiger partial charge < -0.3 is 5.32 Å². The fourth-order valence-electron chi connectivity index (χ4n) is 0.961. The molecule has 0 radical (unpaired) electrons. The molecule has 0 aromatic carbocycles. The van der Waals surface area contributed by atoms with Gasteiger partial charge in [-0.2, -0.15) is 0 Å². The molecule has 0 amide bonds. The van der Waals surface area contributed by atoms with Gasteiger partial charge in [0.1, 0.15) is 12.1 Å². The van der Waals surface area contributed by atoms with Crippen molar-refractivity contribution < 1.29 is 0 Å². The van der Waals surface area contributed by atoms with Gasteiger partial charge in [-0.3, -0.25) is 0 Å². The highest BCUT2D eigenvalue weighted by Gasteiger charge is 2.01. The summed E-state index contributed by atoms with van der Waals surface area (Å²) in [4.78, 5) is 8.20. The molecule has 0 aliphatic heterocycles. The van der Waals surface area contributed by atoms with E-state index in [1.54, 1.807) is 6.33 Å². The average molecular weight is 200 g/mol. The van der Waals surface area contributed by atoms with Gasteiger partial charge in [0.2, 0.25) is 0 Å². The number of anilines is 1. The highest BCUT2D eigenvalue weighted by atomic mass is 35.5. The minimum atomic E-state index is 0.237. The highest BCUT2D eigenvalue weighted by Crippen LogP contribution is 2.06. The summed E-state index contributed by atoms with van der Waals surface area (Å²) in [6, 6.07) is 2.18. The summed E-state index contributed by atoms with van der Waals surface area (Å²) in [5.74, 6) is 1.42. The van der Waals surface area contributed by atoms with Gasteiger partial charge in [-0.15, -0.1) is 11.6 Å². The van der Waals surface area contributed by atoms with Crippen molar-refractivity contribution in [3.8, 4) is 0 Å². The van der Waals surface area contributed by atoms with Crippen LogP contribution in [0.25, 0.3) is 0 Å². The third kappa shape index (κ3) is 3.19. The molecule has 0 saturated carbocycles. The number of hydrogen-bond acceptors (Lipinski definition) is 3. The van der Waals surface area contributed by atoms with Gasteiger partial charge in [0.25, 0.3) is 0 Å². The number of nitrogens with one attached hydrogen (secondary N) is 1. The van der Waals surface area contributed by atoms with Crippen molar-refractivity contribution in [1.29, 1.82) is 0 Å². The molecule has 0 aliphatic carbocycles. The van der Waals surface area contributed by atoms with Gasteiger partial charge in [-0.25, -0.2) is 9.97 Å². The zero-order valence-electron chi connectivity index (χ0n) is 7.92. The minimum absolute atomic E-state index is 0.237. The molecule has 0 spiro atoms. The van der Waals surface area contributed by atoms with E-state index in [0.29, 0.717) is 5.88 Å². The van der Waals surface area contributed by atoms with E-state index in [2.05, 4.69) is 22.2 Å². The zero-order chi connectivity index (χ0) is 9.68. The molecule has 0 bridgehead atoms. The molecule has 0 aliphatic rings. The number of aromatic nitrogens is 2. The van der Waals surface area contributed by atoms with E-state index < -0.39 is 0 Å². The summed E-state index contributed by atoms with van der Waals surface area (Å²) < 4.78 is 0. The molecule has 0 fully saturated rings. The first-order chi connectivity index (χ1) is 6.26. The molecule has 1 aromatic heterocycles. The quantitative estimate of drug-likeness (QED) is 0.755. The van der Waals surface area contributed by atoms with Crippen LogP contribution >= 0.6 is 11.6 Å². The van der Waals surface area contributed by atoms with Crippen LogP contribution in [-0.4, -0.2) is 21.9 Å². The van der Waals surface area contributed by atoms with Gasteiger partial charge in [-0.05, 0) is 13.3 Å². The third-order valence-corrected chi connectivity index (χ3v) is 2.17. The maximum absolute atomic E-state index is 5.67. The number of halogens is 1. The Morgan fingerprint density at radius 1 is 1.54 bits per heavy atom. The van der Waals surface area contributed by atoms with Crippen LogP contribution < -0.4 is 5.32 Å². The van der Waals surface area contributed by atoms with Gasteiger partial charge in [0, 0.05) is 23.7 Å². The lowest BCUT2D eigenvalue weighted by atomic mass is 10.3. The Hall–Kier alpha value is -0.830. The average Bonchev–Trinajstić information content (AvgIpc) is 2.18. The van der Waals surface area contributed by atoms with Crippen LogP contribution in [0.4, 0.5) is 5.82 Å². The summed E-state index contributed by atoms with van der Waals surface area (Å²) in [5.41, 5.74) is 1.04. The molecule has 72 valence electrons. The van der Waals surface area contributed by atoms with Crippen LogP contribution in [0.3, 0.4) is 0 Å². The third-order valence-electron chi connectivity index (χ3n) is 1.71. The van der Waals surface area contributed by atoms with E-state index in [1.807, 2.05) is 13.0 Å². The maximum atomic E-state index is 5.67. The fraction of sp³-hybridized carbons (Fsp3) is 0.556. The largest absolute Gasteiger partial charge is 0.366 e.